The van der Waals surface area contributed by atoms with Crippen LogP contribution < -0.4 is 15.8 Å². The highest BCUT2D eigenvalue weighted by atomic mass is 32.1. The van der Waals surface area contributed by atoms with Gasteiger partial charge >= 0.3 is 5.97 Å². The van der Waals surface area contributed by atoms with E-state index in [1.807, 2.05) is 61.5 Å². The number of carbonyl (C=O) groups is 2. The van der Waals surface area contributed by atoms with Gasteiger partial charge in [0.1, 0.15) is 27.6 Å². The van der Waals surface area contributed by atoms with Crippen LogP contribution in [-0.4, -0.2) is 39.6 Å². The summed E-state index contributed by atoms with van der Waals surface area (Å²) in [7, 11) is 0. The van der Waals surface area contributed by atoms with E-state index in [1.54, 1.807) is 11.5 Å². The highest BCUT2D eigenvalue weighted by molar-refractivity contribution is 7.17. The number of benzene rings is 3. The summed E-state index contributed by atoms with van der Waals surface area (Å²) in [4.78, 5) is 38.4. The lowest BCUT2D eigenvalue weighted by molar-refractivity contribution is 0.0526. The predicted octanol–water partition coefficient (Wildman–Crippen LogP) is 7.32. The van der Waals surface area contributed by atoms with Gasteiger partial charge in [0.25, 0.3) is 5.91 Å². The van der Waals surface area contributed by atoms with E-state index in [1.165, 1.54) is 16.9 Å². The Kier molecular flexibility index (Phi) is 7.88. The second-order valence-corrected chi connectivity index (χ2v) is 12.2. The fourth-order valence-electron chi connectivity index (χ4n) is 6.27. The second kappa shape index (κ2) is 12.3. The lowest BCUT2D eigenvalue weighted by Crippen LogP contribution is -2.18. The van der Waals surface area contributed by atoms with E-state index in [4.69, 9.17) is 25.2 Å². The van der Waals surface area contributed by atoms with Gasteiger partial charge in [0.2, 0.25) is 0 Å². The first-order chi connectivity index (χ1) is 22.5. The number of nitrogen functional groups attached to an aromatic ring is 1. The van der Waals surface area contributed by atoms with E-state index in [9.17, 15) is 9.59 Å². The van der Waals surface area contributed by atoms with Gasteiger partial charge < -0.3 is 20.5 Å². The monoisotopic (exact) mass is 631 g/mol. The molecule has 1 atom stereocenters. The van der Waals surface area contributed by atoms with Gasteiger partial charge in [0, 0.05) is 10.6 Å². The summed E-state index contributed by atoms with van der Waals surface area (Å²) in [5, 5.41) is 3.50. The second-order valence-electron chi connectivity index (χ2n) is 11.1. The Labute approximate surface area is 270 Å². The molecule has 0 radical (unpaired) electrons. The average Bonchev–Trinajstić information content (AvgIpc) is 3.57. The first-order valence-corrected chi connectivity index (χ1v) is 16.3. The van der Waals surface area contributed by atoms with E-state index in [-0.39, 0.29) is 18.0 Å². The number of nitrogens with two attached hydrogens (primary N) is 1. The molecule has 7 rings (SSSR count). The number of nitrogens with zero attached hydrogens (tertiary/aromatic N) is 3. The Morgan fingerprint density at radius 3 is 2.37 bits per heavy atom. The van der Waals surface area contributed by atoms with E-state index in [0.29, 0.717) is 57.4 Å². The van der Waals surface area contributed by atoms with Gasteiger partial charge in [-0.05, 0) is 86.6 Å². The van der Waals surface area contributed by atoms with Gasteiger partial charge in [-0.1, -0.05) is 42.5 Å². The third-order valence-corrected chi connectivity index (χ3v) is 9.54. The van der Waals surface area contributed by atoms with E-state index in [2.05, 4.69) is 29.6 Å². The molecular weight excluding hydrogens is 598 g/mol. The van der Waals surface area contributed by atoms with Crippen molar-refractivity contribution in [2.24, 2.45) is 0 Å². The molecule has 0 spiro atoms. The molecule has 1 aliphatic carbocycles. The summed E-state index contributed by atoms with van der Waals surface area (Å²) in [5.41, 5.74) is 12.5. The molecular formula is C36H33N5O4S. The van der Waals surface area contributed by atoms with Crippen molar-refractivity contribution < 1.29 is 19.1 Å². The number of hydrogen-bond donors (Lipinski definition) is 2. The van der Waals surface area contributed by atoms with Gasteiger partial charge in [-0.15, -0.1) is 11.3 Å². The maximum atomic E-state index is 14.3. The maximum Gasteiger partial charge on any atom is 0.341 e. The Bertz CT molecular complexity index is 2090. The van der Waals surface area contributed by atoms with Crippen LogP contribution in [0.25, 0.3) is 27.9 Å². The van der Waals surface area contributed by atoms with Crippen LogP contribution in [0.5, 0.6) is 5.75 Å². The molecule has 0 saturated heterocycles. The summed E-state index contributed by atoms with van der Waals surface area (Å²) >= 11 is 1.43. The van der Waals surface area contributed by atoms with E-state index < -0.39 is 11.9 Å². The van der Waals surface area contributed by atoms with Crippen molar-refractivity contribution in [1.82, 2.24) is 14.5 Å². The Hall–Kier alpha value is -5.22. The average molecular weight is 632 g/mol. The first-order valence-electron chi connectivity index (χ1n) is 15.4. The van der Waals surface area contributed by atoms with Crippen LogP contribution in [0.3, 0.4) is 0 Å². The molecule has 6 aromatic rings. The van der Waals surface area contributed by atoms with Crippen LogP contribution >= 0.6 is 11.3 Å². The van der Waals surface area contributed by atoms with Crippen molar-refractivity contribution >= 4 is 56.2 Å². The lowest BCUT2D eigenvalue weighted by atomic mass is 9.83. The number of amides is 1. The molecule has 46 heavy (non-hydrogen) atoms. The number of para-hydroxylation sites is 2. The molecule has 0 unspecified atom stereocenters. The standard InChI is InChI=1S/C36H33N5O4S/c1-3-44-24-17-15-23(16-18-24)41-32(37)30(31-33(41)39-27-13-9-8-12-26(27)38-31)34(42)40-35-29(36(43)45-4-2)25-19-14-22(20-28(25)46-35)21-10-6-5-7-11-21/h5-13,15-18,22H,3-4,14,19-20,37H2,1-2H3,(H,40,42)/t22-/m1/s1. The van der Waals surface area contributed by atoms with Gasteiger partial charge in [0.05, 0.1) is 29.8 Å². The topological polar surface area (TPSA) is 121 Å². The number of thiophene rings is 1. The number of anilines is 2. The van der Waals surface area contributed by atoms with Crippen molar-refractivity contribution in [2.75, 3.05) is 24.3 Å². The molecule has 0 saturated carbocycles. The number of rotatable bonds is 8. The normalized spacial score (nSPS) is 14.3. The predicted molar refractivity (Wildman–Crippen MR) is 181 cm³/mol. The summed E-state index contributed by atoms with van der Waals surface area (Å²) < 4.78 is 12.8. The first kappa shape index (κ1) is 29.5. The highest BCUT2D eigenvalue weighted by Gasteiger charge is 2.32. The Morgan fingerprint density at radius 2 is 1.65 bits per heavy atom. The van der Waals surface area contributed by atoms with Crippen LogP contribution in [-0.2, 0) is 17.6 Å². The molecule has 1 aliphatic rings. The van der Waals surface area contributed by atoms with Gasteiger partial charge in [-0.25, -0.2) is 14.8 Å². The summed E-state index contributed by atoms with van der Waals surface area (Å²) in [5.74, 6) is 0.329. The molecule has 0 bridgehead atoms. The molecule has 1 amide bonds. The van der Waals surface area contributed by atoms with Crippen molar-refractivity contribution in [3.63, 3.8) is 0 Å². The van der Waals surface area contributed by atoms with Crippen LogP contribution in [0.2, 0.25) is 0 Å². The lowest BCUT2D eigenvalue weighted by Gasteiger charge is -2.23. The molecule has 232 valence electrons. The summed E-state index contributed by atoms with van der Waals surface area (Å²) in [6, 6.07) is 25.3. The number of carbonyl (C=O) groups excluding carboxylic acids is 2. The molecule has 0 fully saturated rings. The highest BCUT2D eigenvalue weighted by Crippen LogP contribution is 2.43. The van der Waals surface area contributed by atoms with Gasteiger partial charge in [-0.3, -0.25) is 9.36 Å². The third kappa shape index (κ3) is 5.24. The van der Waals surface area contributed by atoms with E-state index >= 15 is 0 Å². The fourth-order valence-corrected chi connectivity index (χ4v) is 7.58. The molecule has 9 nitrogen and oxygen atoms in total. The van der Waals surface area contributed by atoms with Crippen LogP contribution in [0.15, 0.2) is 78.9 Å². The van der Waals surface area contributed by atoms with Gasteiger partial charge in [0.15, 0.2) is 5.65 Å². The number of hydrogen-bond acceptors (Lipinski definition) is 8. The van der Waals surface area contributed by atoms with Crippen molar-refractivity contribution in [3.05, 3.63) is 106 Å². The zero-order valence-electron chi connectivity index (χ0n) is 25.6. The van der Waals surface area contributed by atoms with E-state index in [0.717, 1.165) is 29.0 Å². The Morgan fingerprint density at radius 1 is 0.935 bits per heavy atom. The quantitative estimate of drug-likeness (QED) is 0.169. The van der Waals surface area contributed by atoms with Crippen molar-refractivity contribution in [1.29, 1.82) is 0 Å². The largest absolute Gasteiger partial charge is 0.494 e. The molecule has 3 aromatic carbocycles. The third-order valence-electron chi connectivity index (χ3n) is 8.37. The number of aromatic nitrogens is 3. The minimum Gasteiger partial charge on any atom is -0.494 e. The smallest absolute Gasteiger partial charge is 0.341 e. The minimum absolute atomic E-state index is 0.186. The summed E-state index contributed by atoms with van der Waals surface area (Å²) in [6.45, 7) is 4.48. The molecule has 3 heterocycles. The number of fused-ring (bicyclic) bond motifs is 3. The fraction of sp³-hybridized carbons (Fsp3) is 0.222. The molecule has 3 N–H and O–H groups in total. The number of ether oxygens (including phenoxy) is 2. The number of esters is 1. The number of nitrogens with one attached hydrogen (secondary N) is 1. The summed E-state index contributed by atoms with van der Waals surface area (Å²) in [6.07, 6.45) is 2.40. The Balaban J connectivity index is 1.32. The van der Waals surface area contributed by atoms with Gasteiger partial charge in [-0.2, -0.15) is 0 Å². The minimum atomic E-state index is -0.472. The van der Waals surface area contributed by atoms with Crippen LogP contribution in [0.4, 0.5) is 10.8 Å². The SMILES string of the molecule is CCOC(=O)c1c(NC(=O)c2c(N)n(-c3ccc(OCC)cc3)c3nc4ccccc4nc23)sc2c1CC[C@@H](c1ccccc1)C2. The zero-order chi connectivity index (χ0) is 31.8. The van der Waals surface area contributed by atoms with Crippen LogP contribution in [0.1, 0.15) is 62.9 Å². The zero-order valence-corrected chi connectivity index (χ0v) is 26.4. The molecule has 0 aliphatic heterocycles. The van der Waals surface area contributed by atoms with Crippen molar-refractivity contribution in [2.45, 2.75) is 39.0 Å². The molecule has 10 heteroatoms. The molecule has 3 aromatic heterocycles. The maximum absolute atomic E-state index is 14.3. The van der Waals surface area contributed by atoms with Crippen LogP contribution in [0, 0.1) is 0 Å². The van der Waals surface area contributed by atoms with Crippen molar-refractivity contribution in [3.8, 4) is 11.4 Å².